The van der Waals surface area contributed by atoms with E-state index < -0.39 is 0 Å². The zero-order chi connectivity index (χ0) is 13.6. The van der Waals surface area contributed by atoms with E-state index in [2.05, 4.69) is 34.5 Å². The van der Waals surface area contributed by atoms with Crippen molar-refractivity contribution in [1.29, 1.82) is 0 Å². The van der Waals surface area contributed by atoms with Crippen LogP contribution in [-0.2, 0) is 12.8 Å². The maximum Gasteiger partial charge on any atom is -0.000664 e. The number of likely N-dealkylation sites (tertiary alicyclic amines) is 1. The van der Waals surface area contributed by atoms with E-state index in [0.717, 1.165) is 5.92 Å². The van der Waals surface area contributed by atoms with Gasteiger partial charge in [-0.25, -0.2) is 0 Å². The van der Waals surface area contributed by atoms with Crippen LogP contribution in [0.4, 0.5) is 0 Å². The summed E-state index contributed by atoms with van der Waals surface area (Å²) in [6.45, 7) is 6.33. The van der Waals surface area contributed by atoms with Crippen LogP contribution in [0.2, 0.25) is 0 Å². The molecule has 2 aliphatic rings. The maximum atomic E-state index is 3.68. The molecule has 0 spiro atoms. The van der Waals surface area contributed by atoms with Crippen LogP contribution in [0.1, 0.15) is 36.8 Å². The average molecular weight is 272 g/mol. The molecule has 0 atom stereocenters. The third-order valence-electron chi connectivity index (χ3n) is 4.85. The molecule has 20 heavy (non-hydrogen) atoms. The fourth-order valence-corrected chi connectivity index (χ4v) is 3.71. The van der Waals surface area contributed by atoms with Gasteiger partial charge in [0.1, 0.15) is 0 Å². The molecule has 0 bridgehead atoms. The number of piperidine rings is 1. The number of nitrogens with zero attached hydrogens (tertiary/aromatic N) is 1. The second-order valence-corrected chi connectivity index (χ2v) is 6.50. The molecule has 0 aromatic heterocycles. The van der Waals surface area contributed by atoms with Gasteiger partial charge < -0.3 is 10.2 Å². The van der Waals surface area contributed by atoms with Gasteiger partial charge in [-0.05, 0) is 81.9 Å². The van der Waals surface area contributed by atoms with Gasteiger partial charge >= 0.3 is 0 Å². The zero-order valence-corrected chi connectivity index (χ0v) is 12.6. The SMILES string of the molecule is c1ccc2c(c1)CC(CNCCCN1CCCCC1)C2. The summed E-state index contributed by atoms with van der Waals surface area (Å²) in [5, 5.41) is 3.68. The molecule has 2 nitrogen and oxygen atoms in total. The van der Waals surface area contributed by atoms with E-state index in [1.165, 1.54) is 71.2 Å². The van der Waals surface area contributed by atoms with E-state index in [9.17, 15) is 0 Å². The number of hydrogen-bond acceptors (Lipinski definition) is 2. The second kappa shape index (κ2) is 7.24. The molecule has 0 saturated carbocycles. The topological polar surface area (TPSA) is 15.3 Å². The van der Waals surface area contributed by atoms with Gasteiger partial charge in [0.15, 0.2) is 0 Å². The van der Waals surface area contributed by atoms with Crippen molar-refractivity contribution >= 4 is 0 Å². The molecule has 2 heteroatoms. The Kier molecular flexibility index (Phi) is 5.10. The predicted molar refractivity (Wildman–Crippen MR) is 85.1 cm³/mol. The zero-order valence-electron chi connectivity index (χ0n) is 12.6. The van der Waals surface area contributed by atoms with Crippen LogP contribution in [-0.4, -0.2) is 37.6 Å². The molecule has 1 aliphatic carbocycles. The van der Waals surface area contributed by atoms with E-state index in [0.29, 0.717) is 0 Å². The lowest BCUT2D eigenvalue weighted by Crippen LogP contribution is -2.33. The van der Waals surface area contributed by atoms with Crippen molar-refractivity contribution < 1.29 is 0 Å². The second-order valence-electron chi connectivity index (χ2n) is 6.50. The van der Waals surface area contributed by atoms with E-state index in [4.69, 9.17) is 0 Å². The standard InChI is InChI=1S/C18H28N2/c1-4-10-20(11-5-1)12-6-9-19-15-16-13-17-7-2-3-8-18(17)14-16/h2-3,7-8,16,19H,1,4-6,9-15H2. The molecular weight excluding hydrogens is 244 g/mol. The first kappa shape index (κ1) is 14.1. The summed E-state index contributed by atoms with van der Waals surface area (Å²) >= 11 is 0. The van der Waals surface area contributed by atoms with Crippen LogP contribution in [0, 0.1) is 5.92 Å². The molecule has 0 unspecified atom stereocenters. The van der Waals surface area contributed by atoms with Crippen molar-refractivity contribution in [1.82, 2.24) is 10.2 Å². The van der Waals surface area contributed by atoms with Crippen molar-refractivity contribution in [3.63, 3.8) is 0 Å². The smallest absolute Gasteiger partial charge is 0.000664 e. The number of rotatable bonds is 6. The Morgan fingerprint density at radius 3 is 2.40 bits per heavy atom. The molecule has 1 N–H and O–H groups in total. The van der Waals surface area contributed by atoms with Crippen LogP contribution < -0.4 is 5.32 Å². The van der Waals surface area contributed by atoms with E-state index in [1.54, 1.807) is 11.1 Å². The van der Waals surface area contributed by atoms with Crippen LogP contribution in [0.3, 0.4) is 0 Å². The quantitative estimate of drug-likeness (QED) is 0.801. The molecule has 0 radical (unpaired) electrons. The van der Waals surface area contributed by atoms with E-state index in [1.807, 2.05) is 0 Å². The highest BCUT2D eigenvalue weighted by molar-refractivity contribution is 5.32. The third-order valence-corrected chi connectivity index (χ3v) is 4.85. The Labute approximate surface area is 123 Å². The first-order valence-electron chi connectivity index (χ1n) is 8.41. The lowest BCUT2D eigenvalue weighted by atomic mass is 10.1. The van der Waals surface area contributed by atoms with Crippen molar-refractivity contribution in [3.05, 3.63) is 35.4 Å². The van der Waals surface area contributed by atoms with Gasteiger partial charge in [0.05, 0.1) is 0 Å². The van der Waals surface area contributed by atoms with Gasteiger partial charge in [-0.2, -0.15) is 0 Å². The number of hydrogen-bond donors (Lipinski definition) is 1. The lowest BCUT2D eigenvalue weighted by molar-refractivity contribution is 0.225. The van der Waals surface area contributed by atoms with Gasteiger partial charge in [-0.3, -0.25) is 0 Å². The summed E-state index contributed by atoms with van der Waals surface area (Å²) in [7, 11) is 0. The molecule has 1 aliphatic heterocycles. The largest absolute Gasteiger partial charge is 0.316 e. The first-order valence-corrected chi connectivity index (χ1v) is 8.41. The van der Waals surface area contributed by atoms with Gasteiger partial charge in [-0.15, -0.1) is 0 Å². The van der Waals surface area contributed by atoms with E-state index in [-0.39, 0.29) is 0 Å². The average Bonchev–Trinajstić information content (AvgIpc) is 2.90. The normalized spacial score (nSPS) is 20.2. The highest BCUT2D eigenvalue weighted by Crippen LogP contribution is 2.25. The van der Waals surface area contributed by atoms with Crippen molar-refractivity contribution in [3.8, 4) is 0 Å². The molecule has 3 rings (SSSR count). The fourth-order valence-electron chi connectivity index (χ4n) is 3.71. The Morgan fingerprint density at radius 1 is 1.00 bits per heavy atom. The predicted octanol–water partition coefficient (Wildman–Crippen LogP) is 2.87. The van der Waals surface area contributed by atoms with Crippen LogP contribution >= 0.6 is 0 Å². The van der Waals surface area contributed by atoms with Crippen LogP contribution in [0.15, 0.2) is 24.3 Å². The first-order chi connectivity index (χ1) is 9.92. The molecule has 1 fully saturated rings. The number of nitrogens with one attached hydrogen (secondary N) is 1. The van der Waals surface area contributed by atoms with Gasteiger partial charge in [0, 0.05) is 0 Å². The van der Waals surface area contributed by atoms with Crippen molar-refractivity contribution in [2.45, 2.75) is 38.5 Å². The molecule has 1 aromatic carbocycles. The summed E-state index contributed by atoms with van der Waals surface area (Å²) in [6.07, 6.45) is 8.11. The Bertz CT molecular complexity index is 385. The molecule has 0 amide bonds. The Hall–Kier alpha value is -0.860. The van der Waals surface area contributed by atoms with Crippen molar-refractivity contribution in [2.75, 3.05) is 32.7 Å². The highest BCUT2D eigenvalue weighted by atomic mass is 15.1. The summed E-state index contributed by atoms with van der Waals surface area (Å²) in [5.74, 6) is 0.822. The minimum atomic E-state index is 0.822. The Balaban J connectivity index is 1.28. The van der Waals surface area contributed by atoms with Crippen LogP contribution in [0.5, 0.6) is 0 Å². The maximum absolute atomic E-state index is 3.68. The fraction of sp³-hybridized carbons (Fsp3) is 0.667. The highest BCUT2D eigenvalue weighted by Gasteiger charge is 2.20. The van der Waals surface area contributed by atoms with Gasteiger partial charge in [-0.1, -0.05) is 30.7 Å². The number of benzene rings is 1. The summed E-state index contributed by atoms with van der Waals surface area (Å²) in [6, 6.07) is 8.94. The summed E-state index contributed by atoms with van der Waals surface area (Å²) < 4.78 is 0. The molecule has 110 valence electrons. The molecule has 1 heterocycles. The minimum absolute atomic E-state index is 0.822. The minimum Gasteiger partial charge on any atom is -0.316 e. The Morgan fingerprint density at radius 2 is 1.70 bits per heavy atom. The summed E-state index contributed by atoms with van der Waals surface area (Å²) in [5.41, 5.74) is 3.15. The van der Waals surface area contributed by atoms with Gasteiger partial charge in [0.2, 0.25) is 0 Å². The van der Waals surface area contributed by atoms with Crippen molar-refractivity contribution in [2.24, 2.45) is 5.92 Å². The van der Waals surface area contributed by atoms with Gasteiger partial charge in [0.25, 0.3) is 0 Å². The molecule has 1 aromatic rings. The number of fused-ring (bicyclic) bond motifs is 1. The lowest BCUT2D eigenvalue weighted by Gasteiger charge is -2.26. The monoisotopic (exact) mass is 272 g/mol. The molecular formula is C18H28N2. The van der Waals surface area contributed by atoms with Crippen LogP contribution in [0.25, 0.3) is 0 Å². The summed E-state index contributed by atoms with van der Waals surface area (Å²) in [4.78, 5) is 2.64. The third kappa shape index (κ3) is 3.83. The molecule has 1 saturated heterocycles. The van der Waals surface area contributed by atoms with E-state index >= 15 is 0 Å².